The van der Waals surface area contributed by atoms with E-state index in [1.807, 2.05) is 30.3 Å². The van der Waals surface area contributed by atoms with Crippen molar-refractivity contribution in [2.75, 3.05) is 5.73 Å². The summed E-state index contributed by atoms with van der Waals surface area (Å²) in [5.74, 6) is -0.446. The van der Waals surface area contributed by atoms with Crippen LogP contribution in [0.1, 0.15) is 10.4 Å². The number of amides is 1. The quantitative estimate of drug-likeness (QED) is 0.748. The van der Waals surface area contributed by atoms with Gasteiger partial charge in [0.25, 0.3) is 0 Å². The van der Waals surface area contributed by atoms with E-state index in [4.69, 9.17) is 11.5 Å². The minimum absolute atomic E-state index is 0.446. The average molecular weight is 212 g/mol. The van der Waals surface area contributed by atoms with Crippen LogP contribution in [-0.2, 0) is 0 Å². The second-order valence-electron chi connectivity index (χ2n) is 3.50. The van der Waals surface area contributed by atoms with Gasteiger partial charge in [-0.2, -0.15) is 0 Å². The van der Waals surface area contributed by atoms with Gasteiger partial charge in [0.05, 0.1) is 0 Å². The molecule has 16 heavy (non-hydrogen) atoms. The highest BCUT2D eigenvalue weighted by Gasteiger charge is 2.10. The number of carbonyl (C=O) groups excluding carboxylic acids is 1. The number of rotatable bonds is 2. The molecule has 0 saturated heterocycles. The molecule has 0 fully saturated rings. The van der Waals surface area contributed by atoms with E-state index in [-0.39, 0.29) is 0 Å². The fraction of sp³-hybridized carbons (Fsp3) is 0. The predicted molar refractivity (Wildman–Crippen MR) is 64.8 cm³/mol. The van der Waals surface area contributed by atoms with E-state index in [0.717, 1.165) is 11.1 Å². The maximum atomic E-state index is 11.3. The number of hydrogen-bond donors (Lipinski definition) is 2. The number of anilines is 1. The van der Waals surface area contributed by atoms with Gasteiger partial charge in [-0.1, -0.05) is 36.4 Å². The number of nitrogens with two attached hydrogens (primary N) is 2. The van der Waals surface area contributed by atoms with Crippen LogP contribution in [0.3, 0.4) is 0 Å². The summed E-state index contributed by atoms with van der Waals surface area (Å²) in [6, 6.07) is 14.6. The molecular formula is C13H12N2O. The molecule has 0 aromatic heterocycles. The third-order valence-corrected chi connectivity index (χ3v) is 2.44. The van der Waals surface area contributed by atoms with Crippen molar-refractivity contribution in [3.05, 3.63) is 54.1 Å². The molecule has 3 heteroatoms. The largest absolute Gasteiger partial charge is 0.398 e. The zero-order valence-electron chi connectivity index (χ0n) is 8.68. The molecule has 0 radical (unpaired) electrons. The van der Waals surface area contributed by atoms with Crippen molar-refractivity contribution in [1.82, 2.24) is 0 Å². The number of para-hydroxylation sites is 1. The van der Waals surface area contributed by atoms with Crippen LogP contribution in [0.5, 0.6) is 0 Å². The van der Waals surface area contributed by atoms with Crippen LogP contribution in [0.25, 0.3) is 11.1 Å². The minimum atomic E-state index is -0.446. The van der Waals surface area contributed by atoms with Gasteiger partial charge in [-0.3, -0.25) is 4.79 Å². The van der Waals surface area contributed by atoms with E-state index in [1.54, 1.807) is 18.2 Å². The van der Waals surface area contributed by atoms with Crippen LogP contribution < -0.4 is 11.5 Å². The van der Waals surface area contributed by atoms with E-state index in [0.29, 0.717) is 11.3 Å². The lowest BCUT2D eigenvalue weighted by atomic mass is 9.98. The summed E-state index contributed by atoms with van der Waals surface area (Å²) in [7, 11) is 0. The smallest absolute Gasteiger partial charge is 0.249 e. The normalized spacial score (nSPS) is 10.0. The Morgan fingerprint density at radius 1 is 0.875 bits per heavy atom. The lowest BCUT2D eigenvalue weighted by Gasteiger charge is -2.08. The number of hydrogen-bond acceptors (Lipinski definition) is 2. The Morgan fingerprint density at radius 3 is 2.06 bits per heavy atom. The molecule has 0 unspecified atom stereocenters. The van der Waals surface area contributed by atoms with Gasteiger partial charge in [0.15, 0.2) is 0 Å². The topological polar surface area (TPSA) is 69.1 Å². The van der Waals surface area contributed by atoms with Gasteiger partial charge in [0.2, 0.25) is 5.91 Å². The first-order valence-electron chi connectivity index (χ1n) is 4.94. The molecule has 2 aromatic rings. The Bertz CT molecular complexity index is 535. The van der Waals surface area contributed by atoms with E-state index in [9.17, 15) is 4.79 Å². The highest BCUT2D eigenvalue weighted by Crippen LogP contribution is 2.28. The molecule has 0 atom stereocenters. The van der Waals surface area contributed by atoms with Crippen LogP contribution in [0.15, 0.2) is 48.5 Å². The first-order chi connectivity index (χ1) is 7.70. The van der Waals surface area contributed by atoms with Crippen molar-refractivity contribution in [3.63, 3.8) is 0 Å². The standard InChI is InChI=1S/C13H12N2O/c14-12-8-4-3-6-10(12)9-5-1-2-7-11(9)13(15)16/h1-8H,14H2,(H2,15,16). The predicted octanol–water partition coefficient (Wildman–Crippen LogP) is 2.03. The Hall–Kier alpha value is -2.29. The van der Waals surface area contributed by atoms with Gasteiger partial charge in [0, 0.05) is 16.8 Å². The first kappa shape index (κ1) is 10.2. The molecule has 0 bridgehead atoms. The highest BCUT2D eigenvalue weighted by atomic mass is 16.1. The van der Waals surface area contributed by atoms with Gasteiger partial charge in [-0.25, -0.2) is 0 Å². The molecule has 0 aliphatic heterocycles. The molecule has 0 aliphatic carbocycles. The first-order valence-corrected chi connectivity index (χ1v) is 4.94. The van der Waals surface area contributed by atoms with Crippen molar-refractivity contribution < 1.29 is 4.79 Å². The van der Waals surface area contributed by atoms with Gasteiger partial charge in [-0.15, -0.1) is 0 Å². The van der Waals surface area contributed by atoms with Crippen LogP contribution in [0.2, 0.25) is 0 Å². The molecule has 0 spiro atoms. The van der Waals surface area contributed by atoms with Crippen molar-refractivity contribution in [2.24, 2.45) is 5.73 Å². The number of primary amides is 1. The molecule has 80 valence electrons. The molecule has 0 saturated carbocycles. The van der Waals surface area contributed by atoms with Gasteiger partial charge in [0.1, 0.15) is 0 Å². The van der Waals surface area contributed by atoms with E-state index >= 15 is 0 Å². The molecule has 2 aromatic carbocycles. The van der Waals surface area contributed by atoms with E-state index in [2.05, 4.69) is 0 Å². The third kappa shape index (κ3) is 1.75. The number of benzene rings is 2. The molecule has 0 heterocycles. The fourth-order valence-corrected chi connectivity index (χ4v) is 1.68. The Kier molecular flexibility index (Phi) is 2.60. The summed E-state index contributed by atoms with van der Waals surface area (Å²) < 4.78 is 0. The summed E-state index contributed by atoms with van der Waals surface area (Å²) in [6.45, 7) is 0. The Labute approximate surface area is 93.7 Å². The summed E-state index contributed by atoms with van der Waals surface area (Å²) in [5, 5.41) is 0. The second kappa shape index (κ2) is 4.06. The number of carbonyl (C=O) groups is 1. The molecular weight excluding hydrogens is 200 g/mol. The van der Waals surface area contributed by atoms with Crippen LogP contribution in [-0.4, -0.2) is 5.91 Å². The second-order valence-corrected chi connectivity index (χ2v) is 3.50. The van der Waals surface area contributed by atoms with Crippen LogP contribution in [0.4, 0.5) is 5.69 Å². The summed E-state index contributed by atoms with van der Waals surface area (Å²) in [6.07, 6.45) is 0. The lowest BCUT2D eigenvalue weighted by molar-refractivity contribution is 0.100. The molecule has 4 N–H and O–H groups in total. The average Bonchev–Trinajstić information content (AvgIpc) is 2.29. The van der Waals surface area contributed by atoms with Gasteiger partial charge < -0.3 is 11.5 Å². The van der Waals surface area contributed by atoms with E-state index in [1.165, 1.54) is 0 Å². The van der Waals surface area contributed by atoms with Crippen LogP contribution in [0, 0.1) is 0 Å². The monoisotopic (exact) mass is 212 g/mol. The summed E-state index contributed by atoms with van der Waals surface area (Å²) >= 11 is 0. The Morgan fingerprint density at radius 2 is 1.44 bits per heavy atom. The van der Waals surface area contributed by atoms with Crippen molar-refractivity contribution >= 4 is 11.6 Å². The van der Waals surface area contributed by atoms with E-state index < -0.39 is 5.91 Å². The molecule has 3 nitrogen and oxygen atoms in total. The van der Waals surface area contributed by atoms with Crippen LogP contribution >= 0.6 is 0 Å². The molecule has 2 rings (SSSR count). The minimum Gasteiger partial charge on any atom is -0.398 e. The van der Waals surface area contributed by atoms with Gasteiger partial charge in [-0.05, 0) is 17.7 Å². The van der Waals surface area contributed by atoms with Gasteiger partial charge >= 0.3 is 0 Å². The maximum Gasteiger partial charge on any atom is 0.249 e. The highest BCUT2D eigenvalue weighted by molar-refractivity contribution is 6.01. The van der Waals surface area contributed by atoms with Crippen molar-refractivity contribution in [2.45, 2.75) is 0 Å². The number of nitrogen functional groups attached to an aromatic ring is 1. The lowest BCUT2D eigenvalue weighted by Crippen LogP contribution is -2.12. The Balaban J connectivity index is 2.65. The van der Waals surface area contributed by atoms with Crippen molar-refractivity contribution in [3.8, 4) is 11.1 Å². The zero-order valence-corrected chi connectivity index (χ0v) is 8.68. The maximum absolute atomic E-state index is 11.3. The summed E-state index contributed by atoms with van der Waals surface area (Å²) in [5.41, 5.74) is 13.9. The SMILES string of the molecule is NC(=O)c1ccccc1-c1ccccc1N. The van der Waals surface area contributed by atoms with Crippen molar-refractivity contribution in [1.29, 1.82) is 0 Å². The third-order valence-electron chi connectivity index (χ3n) is 2.44. The molecule has 0 aliphatic rings. The molecule has 1 amide bonds. The fourth-order valence-electron chi connectivity index (χ4n) is 1.68. The summed E-state index contributed by atoms with van der Waals surface area (Å²) in [4.78, 5) is 11.3. The zero-order chi connectivity index (χ0) is 11.5.